The molecule has 0 bridgehead atoms. The Kier molecular flexibility index (Phi) is 3.03. The van der Waals surface area contributed by atoms with Crippen LogP contribution in [0.4, 0.5) is 0 Å². The molecule has 112 valence electrons. The molecule has 0 fully saturated rings. The Morgan fingerprint density at radius 3 is 2.73 bits per heavy atom. The van der Waals surface area contributed by atoms with Gasteiger partial charge in [-0.2, -0.15) is 5.10 Å². The fourth-order valence-electron chi connectivity index (χ4n) is 3.23. The van der Waals surface area contributed by atoms with Crippen molar-refractivity contribution in [2.75, 3.05) is 7.11 Å². The van der Waals surface area contributed by atoms with Gasteiger partial charge in [-0.3, -0.25) is 5.01 Å². The maximum absolute atomic E-state index is 6.05. The molecule has 4 nitrogen and oxygen atoms in total. The molecule has 2 aliphatic rings. The molecular weight excluding hydrogens is 276 g/mol. The molecule has 4 rings (SSSR count). The molecule has 22 heavy (non-hydrogen) atoms. The van der Waals surface area contributed by atoms with Gasteiger partial charge in [0.25, 0.3) is 0 Å². The third kappa shape index (κ3) is 1.95. The smallest absolute Gasteiger partial charge is 0.185 e. The van der Waals surface area contributed by atoms with Crippen LogP contribution in [0, 0.1) is 0 Å². The van der Waals surface area contributed by atoms with Crippen molar-refractivity contribution in [1.29, 1.82) is 0 Å². The van der Waals surface area contributed by atoms with Crippen molar-refractivity contribution in [2.24, 2.45) is 5.10 Å². The predicted octanol–water partition coefficient (Wildman–Crippen LogP) is 3.58. The fraction of sp³-hybridized carbons (Fsp3) is 0.278. The Morgan fingerprint density at radius 1 is 1.14 bits per heavy atom. The van der Waals surface area contributed by atoms with Crippen LogP contribution in [0.1, 0.15) is 30.5 Å². The van der Waals surface area contributed by atoms with Crippen molar-refractivity contribution in [3.05, 3.63) is 59.7 Å². The van der Waals surface area contributed by atoms with E-state index in [9.17, 15) is 0 Å². The summed E-state index contributed by atoms with van der Waals surface area (Å²) in [5.41, 5.74) is 3.43. The average Bonchev–Trinajstić information content (AvgIpc) is 3.02. The molecule has 4 heteroatoms. The number of rotatable bonds is 2. The summed E-state index contributed by atoms with van der Waals surface area (Å²) in [4.78, 5) is 0. The predicted molar refractivity (Wildman–Crippen MR) is 85.3 cm³/mol. The van der Waals surface area contributed by atoms with Gasteiger partial charge >= 0.3 is 0 Å². The van der Waals surface area contributed by atoms with Gasteiger partial charge in [0.05, 0.1) is 18.9 Å². The Hall–Kier alpha value is -2.49. The molecule has 2 atom stereocenters. The van der Waals surface area contributed by atoms with Gasteiger partial charge in [0.15, 0.2) is 17.7 Å². The maximum Gasteiger partial charge on any atom is 0.185 e. The van der Waals surface area contributed by atoms with Crippen LogP contribution in [0.3, 0.4) is 0 Å². The topological polar surface area (TPSA) is 34.1 Å². The molecule has 0 radical (unpaired) electrons. The SMILES string of the molecule is COc1cccc2c1O[C@@H](C)N1N=C(c3ccccc3)C[C@H]21. The van der Waals surface area contributed by atoms with Crippen LogP contribution in [0.2, 0.25) is 0 Å². The average molecular weight is 294 g/mol. The lowest BCUT2D eigenvalue weighted by atomic mass is 9.96. The fourth-order valence-corrected chi connectivity index (χ4v) is 3.23. The second-order valence-electron chi connectivity index (χ2n) is 5.61. The second kappa shape index (κ2) is 5.05. The summed E-state index contributed by atoms with van der Waals surface area (Å²) in [5.74, 6) is 1.64. The number of fused-ring (bicyclic) bond motifs is 3. The third-order valence-electron chi connectivity index (χ3n) is 4.30. The first kappa shape index (κ1) is 13.2. The molecule has 0 unspecified atom stereocenters. The largest absolute Gasteiger partial charge is 0.493 e. The van der Waals surface area contributed by atoms with Gasteiger partial charge in [-0.1, -0.05) is 42.5 Å². The van der Waals surface area contributed by atoms with Crippen LogP contribution < -0.4 is 9.47 Å². The van der Waals surface area contributed by atoms with Crippen LogP contribution in [0.15, 0.2) is 53.6 Å². The molecule has 0 N–H and O–H groups in total. The molecular formula is C18H18N2O2. The number of ether oxygens (including phenoxy) is 2. The van der Waals surface area contributed by atoms with E-state index in [0.29, 0.717) is 0 Å². The van der Waals surface area contributed by atoms with Crippen LogP contribution >= 0.6 is 0 Å². The first-order valence-electron chi connectivity index (χ1n) is 7.52. The molecule has 2 aromatic rings. The van der Waals surface area contributed by atoms with Gasteiger partial charge in [0.1, 0.15) is 0 Å². The zero-order valence-electron chi connectivity index (χ0n) is 12.7. The number of methoxy groups -OCH3 is 1. The first-order valence-corrected chi connectivity index (χ1v) is 7.52. The van der Waals surface area contributed by atoms with Gasteiger partial charge in [-0.05, 0) is 18.6 Å². The summed E-state index contributed by atoms with van der Waals surface area (Å²) < 4.78 is 11.5. The number of hydrazone groups is 1. The Morgan fingerprint density at radius 2 is 1.95 bits per heavy atom. The summed E-state index contributed by atoms with van der Waals surface area (Å²) in [6, 6.07) is 16.6. The quantitative estimate of drug-likeness (QED) is 0.849. The lowest BCUT2D eigenvalue weighted by molar-refractivity contribution is -0.00535. The number of hydrogen-bond acceptors (Lipinski definition) is 4. The summed E-state index contributed by atoms with van der Waals surface area (Å²) in [5, 5.41) is 6.86. The highest BCUT2D eigenvalue weighted by molar-refractivity contribution is 6.01. The van der Waals surface area contributed by atoms with Gasteiger partial charge in [0, 0.05) is 12.0 Å². The number of nitrogens with zero attached hydrogens (tertiary/aromatic N) is 2. The van der Waals surface area contributed by atoms with E-state index in [1.807, 2.05) is 37.3 Å². The minimum absolute atomic E-state index is 0.102. The lowest BCUT2D eigenvalue weighted by Crippen LogP contribution is -2.38. The summed E-state index contributed by atoms with van der Waals surface area (Å²) in [6.45, 7) is 2.03. The van der Waals surface area contributed by atoms with Crippen molar-refractivity contribution in [3.63, 3.8) is 0 Å². The van der Waals surface area contributed by atoms with Gasteiger partial charge in [0.2, 0.25) is 0 Å². The van der Waals surface area contributed by atoms with E-state index in [1.165, 1.54) is 5.56 Å². The van der Waals surface area contributed by atoms with Crippen molar-refractivity contribution in [1.82, 2.24) is 5.01 Å². The molecule has 0 aromatic heterocycles. The lowest BCUT2D eigenvalue weighted by Gasteiger charge is -2.36. The molecule has 0 aliphatic carbocycles. The molecule has 2 aliphatic heterocycles. The van der Waals surface area contributed by atoms with E-state index >= 15 is 0 Å². The molecule has 0 spiro atoms. The Bertz CT molecular complexity index is 727. The van der Waals surface area contributed by atoms with Crippen LogP contribution in [-0.4, -0.2) is 24.1 Å². The van der Waals surface area contributed by atoms with Crippen molar-refractivity contribution in [3.8, 4) is 11.5 Å². The van der Waals surface area contributed by atoms with Crippen molar-refractivity contribution in [2.45, 2.75) is 25.6 Å². The van der Waals surface area contributed by atoms with Crippen LogP contribution in [-0.2, 0) is 0 Å². The highest BCUT2D eigenvalue weighted by Gasteiger charge is 2.39. The maximum atomic E-state index is 6.05. The van der Waals surface area contributed by atoms with E-state index in [-0.39, 0.29) is 12.3 Å². The minimum atomic E-state index is -0.102. The molecule has 0 amide bonds. The highest BCUT2D eigenvalue weighted by atomic mass is 16.5. The standard InChI is InChI=1S/C18H18N2O2/c1-12-20-16(11-15(19-20)13-7-4-3-5-8-13)14-9-6-10-17(21-2)18(14)22-12/h3-10,12,16H,11H2,1-2H3/t12-,16+/m0/s1. The summed E-state index contributed by atoms with van der Waals surface area (Å²) >= 11 is 0. The van der Waals surface area contributed by atoms with Crippen LogP contribution in [0.5, 0.6) is 11.5 Å². The minimum Gasteiger partial charge on any atom is -0.493 e. The highest BCUT2D eigenvalue weighted by Crippen LogP contribution is 2.46. The first-order chi connectivity index (χ1) is 10.8. The summed E-state index contributed by atoms with van der Waals surface area (Å²) in [6.07, 6.45) is 0.785. The number of para-hydroxylation sites is 1. The normalized spacial score (nSPS) is 22.5. The van der Waals surface area contributed by atoms with Crippen molar-refractivity contribution < 1.29 is 9.47 Å². The third-order valence-corrected chi connectivity index (χ3v) is 4.30. The van der Waals surface area contributed by atoms with Gasteiger partial charge in [-0.15, -0.1) is 0 Å². The number of hydrogen-bond donors (Lipinski definition) is 0. The zero-order chi connectivity index (χ0) is 15.1. The zero-order valence-corrected chi connectivity index (χ0v) is 12.7. The van der Waals surface area contributed by atoms with Gasteiger partial charge < -0.3 is 9.47 Å². The Labute approximate surface area is 130 Å². The van der Waals surface area contributed by atoms with E-state index in [2.05, 4.69) is 23.2 Å². The molecule has 0 saturated carbocycles. The van der Waals surface area contributed by atoms with E-state index in [1.54, 1.807) is 7.11 Å². The van der Waals surface area contributed by atoms with E-state index < -0.39 is 0 Å². The Balaban J connectivity index is 1.74. The van der Waals surface area contributed by atoms with Crippen LogP contribution in [0.25, 0.3) is 0 Å². The van der Waals surface area contributed by atoms with E-state index in [4.69, 9.17) is 14.6 Å². The monoisotopic (exact) mass is 294 g/mol. The molecule has 2 heterocycles. The van der Waals surface area contributed by atoms with Crippen molar-refractivity contribution >= 4 is 5.71 Å². The van der Waals surface area contributed by atoms with E-state index in [0.717, 1.165) is 29.2 Å². The molecule has 0 saturated heterocycles. The molecule has 2 aromatic carbocycles. The second-order valence-corrected chi connectivity index (χ2v) is 5.61. The number of benzene rings is 2. The summed E-state index contributed by atoms with van der Waals surface area (Å²) in [7, 11) is 1.68. The van der Waals surface area contributed by atoms with Gasteiger partial charge in [-0.25, -0.2) is 0 Å².